The zero-order chi connectivity index (χ0) is 27.4. The average molecular weight is 661 g/mol. The Morgan fingerprint density at radius 3 is 1.93 bits per heavy atom. The second kappa shape index (κ2) is 9.10. The Kier molecular flexibility index (Phi) is 5.24. The van der Waals surface area contributed by atoms with Gasteiger partial charge < -0.3 is 13.5 Å². The van der Waals surface area contributed by atoms with Gasteiger partial charge in [-0.15, -0.1) is 23.5 Å². The number of hydrogen-bond acceptors (Lipinski definition) is 4. The summed E-state index contributed by atoms with van der Waals surface area (Å²) in [6, 6.07) is 36.8. The summed E-state index contributed by atoms with van der Waals surface area (Å²) in [5, 5.41) is 8.92. The number of imidazole rings is 2. The van der Waals surface area contributed by atoms with Crippen LogP contribution in [0.15, 0.2) is 110 Å². The Morgan fingerprint density at radius 1 is 0.558 bits per heavy atom. The average Bonchev–Trinajstić information content (AvgIpc) is 3.79. The first kappa shape index (κ1) is 24.8. The Balaban J connectivity index is 0.00000260. The molecule has 0 spiro atoms. The van der Waals surface area contributed by atoms with E-state index in [0.29, 0.717) is 11.5 Å². The van der Waals surface area contributed by atoms with Crippen LogP contribution in [0.2, 0.25) is 0 Å². The molecule has 204 valence electrons. The third kappa shape index (κ3) is 3.47. The number of pyridine rings is 2. The Hall–Kier alpha value is -4.80. The van der Waals surface area contributed by atoms with Crippen LogP contribution in [0.5, 0.6) is 11.5 Å². The van der Waals surface area contributed by atoms with Crippen LogP contribution in [0.3, 0.4) is 0 Å². The van der Waals surface area contributed by atoms with E-state index in [0.717, 1.165) is 49.3 Å². The molecule has 0 saturated carbocycles. The zero-order valence-electron chi connectivity index (χ0n) is 22.3. The van der Waals surface area contributed by atoms with Gasteiger partial charge in [0.05, 0.1) is 11.3 Å². The van der Waals surface area contributed by atoms with Crippen molar-refractivity contribution in [1.29, 1.82) is 0 Å². The fraction of sp³-hybridized carbons (Fsp3) is 0. The second-order valence-corrected chi connectivity index (χ2v) is 11.6. The summed E-state index contributed by atoms with van der Waals surface area (Å²) in [5.41, 5.74) is 3.96. The third-order valence-electron chi connectivity index (χ3n) is 8.28. The number of thiophene rings is 1. The van der Waals surface area contributed by atoms with E-state index < -0.39 is 0 Å². The predicted molar refractivity (Wildman–Crippen MR) is 171 cm³/mol. The minimum Gasteiger partial charge on any atom is -0.497 e. The first-order chi connectivity index (χ1) is 20.8. The molecule has 0 N–H and O–H groups in total. The summed E-state index contributed by atoms with van der Waals surface area (Å²) >= 11 is 1.83. The van der Waals surface area contributed by atoms with E-state index in [1.54, 1.807) is 0 Å². The van der Waals surface area contributed by atoms with E-state index in [-0.39, 0.29) is 20.4 Å². The first-order valence-electron chi connectivity index (χ1n) is 13.7. The molecule has 43 heavy (non-hydrogen) atoms. The van der Waals surface area contributed by atoms with Crippen molar-refractivity contribution < 1.29 is 25.2 Å². The summed E-state index contributed by atoms with van der Waals surface area (Å²) < 4.78 is 13.2. The molecular weight excluding hydrogens is 643 g/mol. The van der Waals surface area contributed by atoms with Gasteiger partial charge in [-0.2, -0.15) is 0 Å². The van der Waals surface area contributed by atoms with Gasteiger partial charge in [0.2, 0.25) is 0 Å². The van der Waals surface area contributed by atoms with Crippen molar-refractivity contribution in [2.45, 2.75) is 0 Å². The minimum absolute atomic E-state index is 0. The molecular formula is C36H18N4OPdS. The van der Waals surface area contributed by atoms with Gasteiger partial charge in [-0.05, 0) is 35.0 Å². The van der Waals surface area contributed by atoms with E-state index in [1.165, 1.54) is 25.6 Å². The van der Waals surface area contributed by atoms with Crippen molar-refractivity contribution in [3.63, 3.8) is 0 Å². The number of ether oxygens (including phenoxy) is 1. The van der Waals surface area contributed by atoms with Crippen LogP contribution in [0.25, 0.3) is 74.8 Å². The van der Waals surface area contributed by atoms with Crippen molar-refractivity contribution in [2.24, 2.45) is 0 Å². The summed E-state index contributed by atoms with van der Waals surface area (Å²) in [7, 11) is 0. The summed E-state index contributed by atoms with van der Waals surface area (Å²) in [4.78, 5) is 9.37. The molecule has 5 nitrogen and oxygen atoms in total. The maximum atomic E-state index is 6.40. The maximum absolute atomic E-state index is 6.40. The molecule has 5 aromatic carbocycles. The van der Waals surface area contributed by atoms with E-state index in [9.17, 15) is 0 Å². The van der Waals surface area contributed by atoms with E-state index in [4.69, 9.17) is 9.72 Å². The molecule has 0 aliphatic heterocycles. The van der Waals surface area contributed by atoms with Crippen LogP contribution < -0.4 is 4.74 Å². The van der Waals surface area contributed by atoms with Gasteiger partial charge in [-0.3, -0.25) is 9.97 Å². The van der Waals surface area contributed by atoms with E-state index in [1.807, 2.05) is 48.3 Å². The van der Waals surface area contributed by atoms with Crippen LogP contribution in [0.1, 0.15) is 0 Å². The number of para-hydroxylation sites is 1. The maximum Gasteiger partial charge on any atom is 2.00 e. The molecule has 10 aromatic rings. The van der Waals surface area contributed by atoms with Gasteiger partial charge in [0, 0.05) is 67.5 Å². The number of fused-ring (bicyclic) bond motifs is 15. The van der Waals surface area contributed by atoms with E-state index in [2.05, 4.69) is 98.7 Å². The van der Waals surface area contributed by atoms with Crippen molar-refractivity contribution >= 4 is 86.2 Å². The molecule has 7 heteroatoms. The summed E-state index contributed by atoms with van der Waals surface area (Å²) in [5.74, 6) is 1.23. The third-order valence-corrected chi connectivity index (χ3v) is 9.42. The van der Waals surface area contributed by atoms with Crippen molar-refractivity contribution in [3.8, 4) is 11.5 Å². The van der Waals surface area contributed by atoms with Gasteiger partial charge in [0.1, 0.15) is 0 Å². The first-order valence-corrected chi connectivity index (χ1v) is 14.6. The molecule has 0 aliphatic carbocycles. The predicted octanol–water partition coefficient (Wildman–Crippen LogP) is 9.35. The smallest absolute Gasteiger partial charge is 0.497 e. The quantitative estimate of drug-likeness (QED) is 0.105. The minimum atomic E-state index is 0. The van der Waals surface area contributed by atoms with Gasteiger partial charge in [-0.25, -0.2) is 0 Å². The topological polar surface area (TPSA) is 43.8 Å². The van der Waals surface area contributed by atoms with Gasteiger partial charge in [0.25, 0.3) is 0 Å². The van der Waals surface area contributed by atoms with Crippen LogP contribution >= 0.6 is 11.3 Å². The summed E-state index contributed by atoms with van der Waals surface area (Å²) in [6.07, 6.45) is 7.69. The molecule has 0 saturated heterocycles. The molecule has 0 radical (unpaired) electrons. The molecule has 0 amide bonds. The largest absolute Gasteiger partial charge is 2.00 e. The second-order valence-electron chi connectivity index (χ2n) is 10.5. The number of nitrogens with zero attached hydrogens (tertiary/aromatic N) is 4. The van der Waals surface area contributed by atoms with Crippen molar-refractivity contribution in [3.05, 3.63) is 122 Å². The molecule has 0 fully saturated rings. The number of aromatic nitrogens is 4. The number of rotatable bonds is 2. The van der Waals surface area contributed by atoms with Crippen molar-refractivity contribution in [1.82, 2.24) is 18.8 Å². The molecule has 10 rings (SSSR count). The molecule has 5 aromatic heterocycles. The van der Waals surface area contributed by atoms with Crippen LogP contribution in [-0.4, -0.2) is 18.8 Å². The van der Waals surface area contributed by atoms with Crippen LogP contribution in [0.4, 0.5) is 0 Å². The SMILES string of the molecule is [Pd+2].[c-]1c(Oc2[c-]c3c(cc2)c2cc4sc5ccccc5c4cc2n2ccnc32)ccc2c1c1nccn1c1ccccc21. The molecule has 0 bridgehead atoms. The molecule has 5 heterocycles. The normalized spacial score (nSPS) is 12.0. The van der Waals surface area contributed by atoms with Crippen LogP contribution in [0, 0.1) is 12.1 Å². The van der Waals surface area contributed by atoms with Gasteiger partial charge in [0.15, 0.2) is 0 Å². The molecule has 0 unspecified atom stereocenters. The molecule has 0 atom stereocenters. The van der Waals surface area contributed by atoms with E-state index >= 15 is 0 Å². The summed E-state index contributed by atoms with van der Waals surface area (Å²) in [6.45, 7) is 0. The Bertz CT molecular complexity index is 2740. The molecule has 0 aliphatic rings. The fourth-order valence-electron chi connectivity index (χ4n) is 6.44. The Morgan fingerprint density at radius 2 is 1.19 bits per heavy atom. The van der Waals surface area contributed by atoms with Crippen LogP contribution in [-0.2, 0) is 20.4 Å². The Labute approximate surface area is 262 Å². The number of benzene rings is 5. The number of hydrogen-bond donors (Lipinski definition) is 0. The van der Waals surface area contributed by atoms with Crippen molar-refractivity contribution in [2.75, 3.05) is 0 Å². The van der Waals surface area contributed by atoms with Gasteiger partial charge in [-0.1, -0.05) is 82.2 Å². The fourth-order valence-corrected chi connectivity index (χ4v) is 7.57. The zero-order valence-corrected chi connectivity index (χ0v) is 24.7. The monoisotopic (exact) mass is 660 g/mol. The van der Waals surface area contributed by atoms with Gasteiger partial charge >= 0.3 is 20.4 Å². The standard InChI is InChI=1S/C36H18N4OS.Pd/c1-3-7-31-25(5-1)23-11-9-21(17-29(23)35-37-13-15-39(31)35)41-22-10-12-24-27-20-34-28(26-6-2-4-8-33(26)42-34)19-32(27)40-16-14-38-36(40)30(24)18-22;/h1-16,19-20H;/q-2;+2.